The van der Waals surface area contributed by atoms with Crippen molar-refractivity contribution < 1.29 is 4.52 Å². The van der Waals surface area contributed by atoms with Crippen molar-refractivity contribution in [2.75, 3.05) is 0 Å². The minimum atomic E-state index is 0.512. The Morgan fingerprint density at radius 3 is 3.20 bits per heavy atom. The number of hydrogen-bond donors (Lipinski definition) is 0. The molecule has 0 aliphatic rings. The maximum absolute atomic E-state index is 4.53. The van der Waals surface area contributed by atoms with Crippen molar-refractivity contribution in [2.45, 2.75) is 0 Å². The Balaban J connectivity index is 2.48. The summed E-state index contributed by atoms with van der Waals surface area (Å²) in [7, 11) is 0. The van der Waals surface area contributed by atoms with Crippen molar-refractivity contribution in [3.63, 3.8) is 0 Å². The second-order valence-electron chi connectivity index (χ2n) is 1.58. The lowest BCUT2D eigenvalue weighted by Gasteiger charge is -1.78. The van der Waals surface area contributed by atoms with Crippen molar-refractivity contribution in [1.29, 1.82) is 0 Å². The van der Waals surface area contributed by atoms with Gasteiger partial charge in [0, 0.05) is 5.38 Å². The number of rotatable bonds is 1. The molecule has 0 aromatic carbocycles. The summed E-state index contributed by atoms with van der Waals surface area (Å²) in [6.07, 6.45) is 1.27. The summed E-state index contributed by atoms with van der Waals surface area (Å²) in [5.41, 5.74) is 3.40. The van der Waals surface area contributed by atoms with Crippen LogP contribution in [0.15, 0.2) is 16.3 Å². The molecular weight excluding hydrogens is 150 g/mol. The largest absolute Gasteiger partial charge is 0.342 e. The second kappa shape index (κ2) is 2.18. The Morgan fingerprint density at radius 2 is 2.60 bits per heavy atom. The number of aromatic nitrogens is 3. The van der Waals surface area contributed by atoms with E-state index < -0.39 is 0 Å². The Labute approximate surface area is 60.5 Å². The van der Waals surface area contributed by atoms with E-state index in [4.69, 9.17) is 0 Å². The molecule has 0 atom stereocenters. The standard InChI is InChI=1S/C5H2N3OS/c1-4(7-3-10-1)5-6-2-9-8-5/h1-2H. The van der Waals surface area contributed by atoms with Gasteiger partial charge in [0.15, 0.2) is 5.51 Å². The number of thiazole rings is 1. The van der Waals surface area contributed by atoms with Gasteiger partial charge in [0.1, 0.15) is 5.69 Å². The van der Waals surface area contributed by atoms with Crippen LogP contribution in [0.1, 0.15) is 0 Å². The van der Waals surface area contributed by atoms with Gasteiger partial charge in [-0.3, -0.25) is 0 Å². The van der Waals surface area contributed by atoms with Gasteiger partial charge in [-0.25, -0.2) is 4.98 Å². The van der Waals surface area contributed by atoms with Gasteiger partial charge in [0.25, 0.3) is 0 Å². The maximum atomic E-state index is 4.53. The molecule has 0 spiro atoms. The van der Waals surface area contributed by atoms with Crippen molar-refractivity contribution in [3.05, 3.63) is 17.3 Å². The molecule has 0 amide bonds. The first kappa shape index (κ1) is 5.55. The van der Waals surface area contributed by atoms with Crippen LogP contribution in [0, 0.1) is 5.51 Å². The molecule has 0 aliphatic carbocycles. The first-order valence-corrected chi connectivity index (χ1v) is 3.43. The minimum Gasteiger partial charge on any atom is -0.342 e. The fourth-order valence-electron chi connectivity index (χ4n) is 0.570. The third-order valence-corrected chi connectivity index (χ3v) is 1.52. The Hall–Kier alpha value is -1.23. The zero-order chi connectivity index (χ0) is 6.81. The van der Waals surface area contributed by atoms with Gasteiger partial charge in [-0.05, 0) is 0 Å². The van der Waals surface area contributed by atoms with E-state index in [-0.39, 0.29) is 0 Å². The molecule has 5 heteroatoms. The summed E-state index contributed by atoms with van der Waals surface area (Å²) in [6, 6.07) is 0. The molecule has 0 saturated heterocycles. The average molecular weight is 152 g/mol. The third kappa shape index (κ3) is 0.801. The molecule has 1 radical (unpaired) electrons. The molecule has 4 nitrogen and oxygen atoms in total. The summed E-state index contributed by atoms with van der Waals surface area (Å²) in [6.45, 7) is 0. The van der Waals surface area contributed by atoms with Gasteiger partial charge in [-0.15, -0.1) is 11.3 Å². The van der Waals surface area contributed by atoms with Crippen LogP contribution in [-0.4, -0.2) is 15.1 Å². The summed E-state index contributed by atoms with van der Waals surface area (Å²) < 4.78 is 4.53. The Kier molecular flexibility index (Phi) is 1.21. The fraction of sp³-hybridized carbons (Fsp3) is 0. The monoisotopic (exact) mass is 152 g/mol. The van der Waals surface area contributed by atoms with Gasteiger partial charge >= 0.3 is 0 Å². The van der Waals surface area contributed by atoms with Gasteiger partial charge in [0.05, 0.1) is 0 Å². The average Bonchev–Trinajstić information content (AvgIpc) is 2.59. The Bertz CT molecular complexity index is 256. The molecule has 2 aromatic rings. The molecule has 0 unspecified atom stereocenters. The van der Waals surface area contributed by atoms with E-state index in [1.54, 1.807) is 0 Å². The summed E-state index contributed by atoms with van der Waals surface area (Å²) >= 11 is 1.38. The summed E-state index contributed by atoms with van der Waals surface area (Å²) in [5, 5.41) is 5.41. The van der Waals surface area contributed by atoms with Crippen molar-refractivity contribution >= 4 is 11.3 Å². The first-order valence-electron chi connectivity index (χ1n) is 2.55. The van der Waals surface area contributed by atoms with E-state index >= 15 is 0 Å². The molecular formula is C5H2N3OS. The molecule has 0 saturated carbocycles. The maximum Gasteiger partial charge on any atom is 0.221 e. The highest BCUT2D eigenvalue weighted by atomic mass is 32.1. The Morgan fingerprint density at radius 1 is 1.60 bits per heavy atom. The highest BCUT2D eigenvalue weighted by Crippen LogP contribution is 2.12. The second-order valence-corrected chi connectivity index (χ2v) is 2.23. The predicted molar refractivity (Wildman–Crippen MR) is 34.2 cm³/mol. The quantitative estimate of drug-likeness (QED) is 0.611. The number of nitrogens with zero attached hydrogens (tertiary/aromatic N) is 3. The van der Waals surface area contributed by atoms with Crippen LogP contribution in [0.2, 0.25) is 0 Å². The van der Waals surface area contributed by atoms with Crippen molar-refractivity contribution in [1.82, 2.24) is 15.1 Å². The molecule has 0 fully saturated rings. The third-order valence-electron chi connectivity index (χ3n) is 0.980. The molecule has 10 heavy (non-hydrogen) atoms. The lowest BCUT2D eigenvalue weighted by Crippen LogP contribution is -1.77. The van der Waals surface area contributed by atoms with E-state index in [0.717, 1.165) is 0 Å². The van der Waals surface area contributed by atoms with E-state index in [0.29, 0.717) is 11.5 Å². The lowest BCUT2D eigenvalue weighted by molar-refractivity contribution is 0.418. The minimum absolute atomic E-state index is 0.512. The van der Waals surface area contributed by atoms with Crippen molar-refractivity contribution in [2.24, 2.45) is 0 Å². The lowest BCUT2D eigenvalue weighted by atomic mass is 10.5. The fourth-order valence-corrected chi connectivity index (χ4v) is 1.04. The zero-order valence-corrected chi connectivity index (χ0v) is 5.63. The first-order chi connectivity index (χ1) is 4.97. The van der Waals surface area contributed by atoms with Crippen LogP contribution in [0.3, 0.4) is 0 Å². The van der Waals surface area contributed by atoms with Crippen LogP contribution in [-0.2, 0) is 0 Å². The van der Waals surface area contributed by atoms with Crippen LogP contribution in [0.25, 0.3) is 11.5 Å². The van der Waals surface area contributed by atoms with E-state index in [1.165, 1.54) is 17.7 Å². The van der Waals surface area contributed by atoms with Gasteiger partial charge in [-0.1, -0.05) is 5.16 Å². The molecule has 2 rings (SSSR count). The molecule has 0 N–H and O–H groups in total. The zero-order valence-electron chi connectivity index (χ0n) is 4.81. The van der Waals surface area contributed by atoms with E-state index in [2.05, 4.69) is 25.2 Å². The van der Waals surface area contributed by atoms with Gasteiger partial charge in [0.2, 0.25) is 12.2 Å². The van der Waals surface area contributed by atoms with Crippen molar-refractivity contribution in [3.8, 4) is 11.5 Å². The molecule has 2 aromatic heterocycles. The summed E-state index contributed by atoms with van der Waals surface area (Å²) in [5.74, 6) is 0.512. The number of hydrogen-bond acceptors (Lipinski definition) is 5. The molecule has 0 bridgehead atoms. The SMILES string of the molecule is [c]1nc(-c2ncon2)cs1. The summed E-state index contributed by atoms with van der Waals surface area (Å²) in [4.78, 5) is 7.67. The van der Waals surface area contributed by atoms with Gasteiger partial charge in [-0.2, -0.15) is 4.98 Å². The molecule has 49 valence electrons. The smallest absolute Gasteiger partial charge is 0.221 e. The van der Waals surface area contributed by atoms with Crippen LogP contribution < -0.4 is 0 Å². The normalized spacial score (nSPS) is 10.0. The highest BCUT2D eigenvalue weighted by Gasteiger charge is 2.02. The highest BCUT2D eigenvalue weighted by molar-refractivity contribution is 7.07. The van der Waals surface area contributed by atoms with Crippen LogP contribution >= 0.6 is 11.3 Å². The van der Waals surface area contributed by atoms with Crippen LogP contribution in [0.5, 0.6) is 0 Å². The molecule has 2 heterocycles. The van der Waals surface area contributed by atoms with Crippen LogP contribution in [0.4, 0.5) is 0 Å². The van der Waals surface area contributed by atoms with E-state index in [9.17, 15) is 0 Å². The topological polar surface area (TPSA) is 51.8 Å². The van der Waals surface area contributed by atoms with E-state index in [1.807, 2.05) is 5.38 Å². The predicted octanol–water partition coefficient (Wildman–Crippen LogP) is 0.993. The molecule has 0 aliphatic heterocycles. The van der Waals surface area contributed by atoms with Gasteiger partial charge < -0.3 is 4.52 Å².